The second kappa shape index (κ2) is 6.59. The Morgan fingerprint density at radius 1 is 1.38 bits per heavy atom. The Labute approximate surface area is 124 Å². The number of methoxy groups -OCH3 is 1. The van der Waals surface area contributed by atoms with Gasteiger partial charge in [0.1, 0.15) is 11.3 Å². The fourth-order valence-corrected chi connectivity index (χ4v) is 2.37. The summed E-state index contributed by atoms with van der Waals surface area (Å²) in [6, 6.07) is 7.12. The minimum Gasteiger partial charge on any atom is -0.497 e. The molecule has 0 saturated carbocycles. The number of hydrogen-bond acceptors (Lipinski definition) is 4. The Kier molecular flexibility index (Phi) is 4.81. The van der Waals surface area contributed by atoms with Crippen LogP contribution in [0.2, 0.25) is 0 Å². The van der Waals surface area contributed by atoms with Gasteiger partial charge < -0.3 is 9.15 Å². The van der Waals surface area contributed by atoms with Gasteiger partial charge in [0.2, 0.25) is 0 Å². The highest BCUT2D eigenvalue weighted by Crippen LogP contribution is 2.23. The van der Waals surface area contributed by atoms with Crippen molar-refractivity contribution in [1.82, 2.24) is 4.90 Å². The molecule has 21 heavy (non-hydrogen) atoms. The maximum absolute atomic E-state index is 11.8. The maximum atomic E-state index is 11.8. The van der Waals surface area contributed by atoms with Gasteiger partial charge in [-0.3, -0.25) is 4.90 Å². The minimum atomic E-state index is -0.336. The zero-order chi connectivity index (χ0) is 15.4. The predicted octanol–water partition coefficient (Wildman–Crippen LogP) is 3.20. The molecule has 0 unspecified atom stereocenters. The van der Waals surface area contributed by atoms with Crippen LogP contribution in [0.3, 0.4) is 0 Å². The molecule has 2 aromatic rings. The molecule has 1 aromatic carbocycles. The van der Waals surface area contributed by atoms with Crippen molar-refractivity contribution in [2.45, 2.75) is 20.4 Å². The van der Waals surface area contributed by atoms with Gasteiger partial charge in [-0.2, -0.15) is 0 Å². The number of benzene rings is 1. The number of ether oxygens (including phenoxy) is 1. The lowest BCUT2D eigenvalue weighted by molar-refractivity contribution is 0.305. The zero-order valence-corrected chi connectivity index (χ0v) is 12.8. The van der Waals surface area contributed by atoms with E-state index in [0.29, 0.717) is 17.9 Å². The maximum Gasteiger partial charge on any atom is 0.336 e. The lowest BCUT2D eigenvalue weighted by atomic mass is 10.1. The molecule has 0 aliphatic carbocycles. The van der Waals surface area contributed by atoms with Crippen LogP contribution in [0.1, 0.15) is 19.4 Å². The van der Waals surface area contributed by atoms with Crippen LogP contribution in [-0.4, -0.2) is 25.1 Å². The molecular formula is C17H21NO3. The van der Waals surface area contributed by atoms with E-state index < -0.39 is 0 Å². The van der Waals surface area contributed by atoms with Gasteiger partial charge >= 0.3 is 5.63 Å². The molecule has 0 radical (unpaired) electrons. The summed E-state index contributed by atoms with van der Waals surface area (Å²) in [6.07, 6.45) is 0. The third kappa shape index (κ3) is 3.73. The van der Waals surface area contributed by atoms with Gasteiger partial charge in [0, 0.05) is 30.6 Å². The van der Waals surface area contributed by atoms with Crippen molar-refractivity contribution in [2.75, 3.05) is 20.2 Å². The fraction of sp³-hybridized carbons (Fsp3) is 0.353. The van der Waals surface area contributed by atoms with Crippen molar-refractivity contribution in [1.29, 1.82) is 0 Å². The molecule has 1 aromatic heterocycles. The van der Waals surface area contributed by atoms with Gasteiger partial charge in [-0.05, 0) is 31.2 Å². The van der Waals surface area contributed by atoms with E-state index in [1.165, 1.54) is 0 Å². The first-order valence-electron chi connectivity index (χ1n) is 7.01. The van der Waals surface area contributed by atoms with Crippen LogP contribution in [0, 0.1) is 0 Å². The molecule has 0 saturated heterocycles. The molecule has 0 bridgehead atoms. The average Bonchev–Trinajstić information content (AvgIpc) is 2.45. The van der Waals surface area contributed by atoms with Gasteiger partial charge in [-0.25, -0.2) is 4.79 Å². The lowest BCUT2D eigenvalue weighted by Crippen LogP contribution is -2.25. The molecule has 4 heteroatoms. The molecule has 0 aliphatic heterocycles. The highest BCUT2D eigenvalue weighted by Gasteiger charge is 2.10. The molecule has 0 amide bonds. The van der Waals surface area contributed by atoms with Crippen molar-refractivity contribution in [2.24, 2.45) is 0 Å². The van der Waals surface area contributed by atoms with E-state index in [4.69, 9.17) is 9.15 Å². The second-order valence-corrected chi connectivity index (χ2v) is 5.21. The number of nitrogens with zero attached hydrogens (tertiary/aromatic N) is 1. The summed E-state index contributed by atoms with van der Waals surface area (Å²) in [4.78, 5) is 14.0. The largest absolute Gasteiger partial charge is 0.497 e. The van der Waals surface area contributed by atoms with Crippen LogP contribution in [0.15, 0.2) is 45.6 Å². The molecule has 4 nitrogen and oxygen atoms in total. The van der Waals surface area contributed by atoms with Crippen LogP contribution in [0.4, 0.5) is 0 Å². The molecular weight excluding hydrogens is 266 g/mol. The standard InChI is InChI=1S/C17H21NO3/c1-5-18(10-12(2)3)11-13-8-17(19)21-16-9-14(20-4)6-7-15(13)16/h6-9H,2,5,10-11H2,1,3-4H3. The summed E-state index contributed by atoms with van der Waals surface area (Å²) >= 11 is 0. The predicted molar refractivity (Wildman–Crippen MR) is 84.8 cm³/mol. The Bertz CT molecular complexity index is 703. The molecule has 0 spiro atoms. The van der Waals surface area contributed by atoms with Crippen molar-refractivity contribution in [3.8, 4) is 5.75 Å². The highest BCUT2D eigenvalue weighted by atomic mass is 16.5. The van der Waals surface area contributed by atoms with E-state index in [-0.39, 0.29) is 5.63 Å². The van der Waals surface area contributed by atoms with Gasteiger partial charge in [0.25, 0.3) is 0 Å². The average molecular weight is 287 g/mol. The first-order chi connectivity index (χ1) is 10.0. The topological polar surface area (TPSA) is 42.7 Å². The Hall–Kier alpha value is -2.07. The van der Waals surface area contributed by atoms with Crippen molar-refractivity contribution < 1.29 is 9.15 Å². The molecule has 112 valence electrons. The van der Waals surface area contributed by atoms with E-state index in [0.717, 1.165) is 29.6 Å². The van der Waals surface area contributed by atoms with Crippen molar-refractivity contribution >= 4 is 11.0 Å². The third-order valence-electron chi connectivity index (χ3n) is 3.37. The quantitative estimate of drug-likeness (QED) is 0.604. The van der Waals surface area contributed by atoms with Gasteiger partial charge in [-0.15, -0.1) is 0 Å². The normalized spacial score (nSPS) is 11.0. The van der Waals surface area contributed by atoms with Gasteiger partial charge in [0.05, 0.1) is 7.11 Å². The summed E-state index contributed by atoms with van der Waals surface area (Å²) in [6.45, 7) is 10.5. The fourth-order valence-electron chi connectivity index (χ4n) is 2.37. The van der Waals surface area contributed by atoms with E-state index in [2.05, 4.69) is 18.4 Å². The molecule has 0 aliphatic rings. The minimum absolute atomic E-state index is 0.336. The lowest BCUT2D eigenvalue weighted by Gasteiger charge is -2.21. The number of hydrogen-bond donors (Lipinski definition) is 0. The number of likely N-dealkylation sites (N-methyl/N-ethyl adjacent to an activating group) is 1. The monoisotopic (exact) mass is 287 g/mol. The SMILES string of the molecule is C=C(C)CN(CC)Cc1cc(=O)oc2cc(OC)ccc12. The summed E-state index contributed by atoms with van der Waals surface area (Å²) in [5.74, 6) is 0.678. The number of rotatable bonds is 6. The smallest absolute Gasteiger partial charge is 0.336 e. The molecule has 0 N–H and O–H groups in total. The van der Waals surface area contributed by atoms with E-state index in [9.17, 15) is 4.79 Å². The van der Waals surface area contributed by atoms with E-state index in [1.807, 2.05) is 19.1 Å². The Balaban J connectivity index is 2.43. The summed E-state index contributed by atoms with van der Waals surface area (Å²) in [5, 5.41) is 0.940. The van der Waals surface area contributed by atoms with E-state index >= 15 is 0 Å². The Morgan fingerprint density at radius 2 is 2.14 bits per heavy atom. The van der Waals surface area contributed by atoms with Crippen LogP contribution in [-0.2, 0) is 6.54 Å². The number of fused-ring (bicyclic) bond motifs is 1. The van der Waals surface area contributed by atoms with Crippen LogP contribution in [0.5, 0.6) is 5.75 Å². The Morgan fingerprint density at radius 3 is 2.76 bits per heavy atom. The molecule has 0 fully saturated rings. The van der Waals surface area contributed by atoms with Crippen molar-refractivity contribution in [3.05, 3.63) is 52.4 Å². The van der Waals surface area contributed by atoms with Gasteiger partial charge in [-0.1, -0.05) is 19.1 Å². The van der Waals surface area contributed by atoms with Gasteiger partial charge in [0.15, 0.2) is 0 Å². The zero-order valence-electron chi connectivity index (χ0n) is 12.8. The van der Waals surface area contributed by atoms with Crippen molar-refractivity contribution in [3.63, 3.8) is 0 Å². The van der Waals surface area contributed by atoms with Crippen LogP contribution < -0.4 is 10.4 Å². The van der Waals surface area contributed by atoms with E-state index in [1.54, 1.807) is 19.2 Å². The third-order valence-corrected chi connectivity index (χ3v) is 3.37. The summed E-state index contributed by atoms with van der Waals surface area (Å²) in [7, 11) is 1.59. The second-order valence-electron chi connectivity index (χ2n) is 5.21. The van der Waals surface area contributed by atoms with Crippen LogP contribution in [0.25, 0.3) is 11.0 Å². The molecule has 1 heterocycles. The summed E-state index contributed by atoms with van der Waals surface area (Å²) in [5.41, 5.74) is 2.29. The highest BCUT2D eigenvalue weighted by molar-refractivity contribution is 5.81. The first-order valence-corrected chi connectivity index (χ1v) is 7.01. The molecule has 0 atom stereocenters. The summed E-state index contributed by atoms with van der Waals surface area (Å²) < 4.78 is 10.4. The van der Waals surface area contributed by atoms with Crippen LogP contribution >= 0.6 is 0 Å². The first kappa shape index (κ1) is 15.3. The molecule has 2 rings (SSSR count).